The van der Waals surface area contributed by atoms with Crippen LogP contribution in [0.1, 0.15) is 32.3 Å². The second kappa shape index (κ2) is 5.54. The van der Waals surface area contributed by atoms with Gasteiger partial charge in [0.1, 0.15) is 0 Å². The largest absolute Gasteiger partial charge is 0.371 e. The maximum absolute atomic E-state index is 6.13. The van der Waals surface area contributed by atoms with E-state index in [2.05, 4.69) is 43.0 Å². The SMILES string of the molecule is CC(C)C(N)CCN1CCCc2ccccc21. The van der Waals surface area contributed by atoms with Crippen LogP contribution in [0.15, 0.2) is 24.3 Å². The molecule has 0 amide bonds. The van der Waals surface area contributed by atoms with E-state index in [9.17, 15) is 0 Å². The molecular formula is C15H24N2. The summed E-state index contributed by atoms with van der Waals surface area (Å²) in [6, 6.07) is 9.10. The van der Waals surface area contributed by atoms with Gasteiger partial charge in [0.05, 0.1) is 0 Å². The summed E-state index contributed by atoms with van der Waals surface area (Å²) in [7, 11) is 0. The van der Waals surface area contributed by atoms with E-state index < -0.39 is 0 Å². The van der Waals surface area contributed by atoms with Gasteiger partial charge >= 0.3 is 0 Å². The Labute approximate surface area is 105 Å². The van der Waals surface area contributed by atoms with Gasteiger partial charge < -0.3 is 10.6 Å². The minimum Gasteiger partial charge on any atom is -0.371 e. The van der Waals surface area contributed by atoms with E-state index >= 15 is 0 Å². The topological polar surface area (TPSA) is 29.3 Å². The van der Waals surface area contributed by atoms with Gasteiger partial charge in [-0.3, -0.25) is 0 Å². The Bertz CT molecular complexity index is 360. The fourth-order valence-electron chi connectivity index (χ4n) is 2.48. The number of hydrogen-bond acceptors (Lipinski definition) is 2. The molecule has 1 heterocycles. The number of aryl methyl sites for hydroxylation is 1. The highest BCUT2D eigenvalue weighted by molar-refractivity contribution is 5.55. The molecule has 17 heavy (non-hydrogen) atoms. The first-order valence-electron chi connectivity index (χ1n) is 6.77. The number of nitrogens with two attached hydrogens (primary N) is 1. The average Bonchev–Trinajstić information content (AvgIpc) is 2.35. The molecule has 0 spiro atoms. The molecule has 1 aliphatic heterocycles. The maximum Gasteiger partial charge on any atom is 0.0398 e. The molecule has 1 aromatic rings. The minimum absolute atomic E-state index is 0.323. The van der Waals surface area contributed by atoms with Gasteiger partial charge in [0.25, 0.3) is 0 Å². The van der Waals surface area contributed by atoms with Crippen molar-refractivity contribution >= 4 is 5.69 Å². The van der Waals surface area contributed by atoms with Gasteiger partial charge in [-0.05, 0) is 36.8 Å². The summed E-state index contributed by atoms with van der Waals surface area (Å²) in [5.41, 5.74) is 9.05. The molecule has 0 aliphatic carbocycles. The molecule has 2 N–H and O–H groups in total. The molecule has 0 saturated carbocycles. The first-order chi connectivity index (χ1) is 8.18. The Kier molecular flexibility index (Phi) is 4.06. The quantitative estimate of drug-likeness (QED) is 0.865. The molecule has 2 nitrogen and oxygen atoms in total. The lowest BCUT2D eigenvalue weighted by atomic mass is 9.99. The summed E-state index contributed by atoms with van der Waals surface area (Å²) in [6.45, 7) is 6.68. The highest BCUT2D eigenvalue weighted by Gasteiger charge is 2.17. The molecular weight excluding hydrogens is 208 g/mol. The highest BCUT2D eigenvalue weighted by atomic mass is 15.1. The second-order valence-electron chi connectivity index (χ2n) is 5.42. The van der Waals surface area contributed by atoms with Gasteiger partial charge in [-0.15, -0.1) is 0 Å². The molecule has 1 unspecified atom stereocenters. The molecule has 0 fully saturated rings. The van der Waals surface area contributed by atoms with Crippen LogP contribution in [0, 0.1) is 5.92 Å². The van der Waals surface area contributed by atoms with Crippen LogP contribution in [0.4, 0.5) is 5.69 Å². The van der Waals surface area contributed by atoms with Crippen molar-refractivity contribution in [3.63, 3.8) is 0 Å². The number of benzene rings is 1. The number of para-hydroxylation sites is 1. The van der Waals surface area contributed by atoms with Gasteiger partial charge in [0.2, 0.25) is 0 Å². The monoisotopic (exact) mass is 232 g/mol. The standard InChI is InChI=1S/C15H24N2/c1-12(2)14(16)9-11-17-10-5-7-13-6-3-4-8-15(13)17/h3-4,6,8,12,14H,5,7,9-11,16H2,1-2H3. The predicted octanol–water partition coefficient (Wildman–Crippen LogP) is 2.81. The van der Waals surface area contributed by atoms with Crippen molar-refractivity contribution in [2.45, 2.75) is 39.2 Å². The lowest BCUT2D eigenvalue weighted by Gasteiger charge is -2.32. The van der Waals surface area contributed by atoms with Crippen molar-refractivity contribution in [1.29, 1.82) is 0 Å². The van der Waals surface area contributed by atoms with Crippen LogP contribution in [-0.4, -0.2) is 19.1 Å². The zero-order chi connectivity index (χ0) is 12.3. The van der Waals surface area contributed by atoms with E-state index in [0.29, 0.717) is 12.0 Å². The van der Waals surface area contributed by atoms with Crippen LogP contribution in [0.25, 0.3) is 0 Å². The summed E-state index contributed by atoms with van der Waals surface area (Å²) in [5, 5.41) is 0. The zero-order valence-electron chi connectivity index (χ0n) is 11.0. The molecule has 2 heteroatoms. The molecule has 0 saturated heterocycles. The smallest absolute Gasteiger partial charge is 0.0398 e. The molecule has 1 aromatic carbocycles. The van der Waals surface area contributed by atoms with Crippen molar-refractivity contribution in [1.82, 2.24) is 0 Å². The summed E-state index contributed by atoms with van der Waals surface area (Å²) < 4.78 is 0. The molecule has 0 bridgehead atoms. The molecule has 1 atom stereocenters. The number of fused-ring (bicyclic) bond motifs is 1. The van der Waals surface area contributed by atoms with Crippen LogP contribution in [0.5, 0.6) is 0 Å². The minimum atomic E-state index is 0.323. The van der Waals surface area contributed by atoms with Crippen molar-refractivity contribution in [2.75, 3.05) is 18.0 Å². The van der Waals surface area contributed by atoms with E-state index in [1.54, 1.807) is 0 Å². The van der Waals surface area contributed by atoms with E-state index in [1.807, 2.05) is 0 Å². The number of rotatable bonds is 4. The highest BCUT2D eigenvalue weighted by Crippen LogP contribution is 2.26. The van der Waals surface area contributed by atoms with E-state index in [-0.39, 0.29) is 0 Å². The van der Waals surface area contributed by atoms with Crippen LogP contribution >= 0.6 is 0 Å². The number of nitrogens with zero attached hydrogens (tertiary/aromatic N) is 1. The van der Waals surface area contributed by atoms with E-state index in [0.717, 1.165) is 13.0 Å². The molecule has 94 valence electrons. The van der Waals surface area contributed by atoms with Gasteiger partial charge in [0.15, 0.2) is 0 Å². The van der Waals surface area contributed by atoms with Crippen LogP contribution in [-0.2, 0) is 6.42 Å². The van der Waals surface area contributed by atoms with Crippen molar-refractivity contribution in [2.24, 2.45) is 11.7 Å². The van der Waals surface area contributed by atoms with Gasteiger partial charge in [-0.25, -0.2) is 0 Å². The number of anilines is 1. The van der Waals surface area contributed by atoms with Crippen molar-refractivity contribution in [3.05, 3.63) is 29.8 Å². The fourth-order valence-corrected chi connectivity index (χ4v) is 2.48. The average molecular weight is 232 g/mol. The molecule has 0 aromatic heterocycles. The van der Waals surface area contributed by atoms with Crippen LogP contribution in [0.2, 0.25) is 0 Å². The first kappa shape index (κ1) is 12.4. The third-order valence-electron chi connectivity index (χ3n) is 3.80. The fraction of sp³-hybridized carbons (Fsp3) is 0.600. The molecule has 2 rings (SSSR count). The normalized spacial score (nSPS) is 17.1. The second-order valence-corrected chi connectivity index (χ2v) is 5.42. The van der Waals surface area contributed by atoms with Crippen LogP contribution in [0.3, 0.4) is 0 Å². The van der Waals surface area contributed by atoms with Gasteiger partial charge in [-0.2, -0.15) is 0 Å². The zero-order valence-corrected chi connectivity index (χ0v) is 11.0. The Morgan fingerprint density at radius 3 is 2.82 bits per heavy atom. The Morgan fingerprint density at radius 2 is 2.06 bits per heavy atom. The predicted molar refractivity (Wildman–Crippen MR) is 74.4 cm³/mol. The van der Waals surface area contributed by atoms with Crippen molar-refractivity contribution < 1.29 is 0 Å². The van der Waals surface area contributed by atoms with E-state index in [4.69, 9.17) is 5.73 Å². The van der Waals surface area contributed by atoms with Gasteiger partial charge in [-0.1, -0.05) is 32.0 Å². The maximum atomic E-state index is 6.13. The third-order valence-corrected chi connectivity index (χ3v) is 3.80. The molecule has 1 aliphatic rings. The van der Waals surface area contributed by atoms with E-state index in [1.165, 1.54) is 30.6 Å². The summed E-state index contributed by atoms with van der Waals surface area (Å²) in [5.74, 6) is 0.579. The Balaban J connectivity index is 1.99. The summed E-state index contributed by atoms with van der Waals surface area (Å²) in [4.78, 5) is 2.50. The molecule has 0 radical (unpaired) electrons. The lowest BCUT2D eigenvalue weighted by molar-refractivity contribution is 0.460. The summed E-state index contributed by atoms with van der Waals surface area (Å²) in [6.07, 6.45) is 3.59. The Morgan fingerprint density at radius 1 is 1.29 bits per heavy atom. The summed E-state index contributed by atoms with van der Waals surface area (Å²) >= 11 is 0. The van der Waals surface area contributed by atoms with Crippen molar-refractivity contribution in [3.8, 4) is 0 Å². The first-order valence-corrected chi connectivity index (χ1v) is 6.77. The lowest BCUT2D eigenvalue weighted by Crippen LogP contribution is -2.36. The number of hydrogen-bond donors (Lipinski definition) is 1. The third kappa shape index (κ3) is 3.01. The van der Waals surface area contributed by atoms with Gasteiger partial charge in [0, 0.05) is 24.8 Å². The van der Waals surface area contributed by atoms with Crippen LogP contribution < -0.4 is 10.6 Å². The Hall–Kier alpha value is -1.02.